The first kappa shape index (κ1) is 16.0. The third-order valence-corrected chi connectivity index (χ3v) is 2.57. The number of carbonyl (C=O) groups excluding carboxylic acids is 1. The standard InChI is InChI=1S/C12H20N4O4/c1-10(8-16-5-3-4-13-16)14-12(19)15(6-7-20-2)9-11(17)18/h3-5,10H,6-9H2,1-2H3,(H,14,19)(H,17,18). The second kappa shape index (κ2) is 8.16. The molecule has 8 nitrogen and oxygen atoms in total. The molecule has 2 N–H and O–H groups in total. The van der Waals surface area contributed by atoms with Crippen molar-refractivity contribution in [3.05, 3.63) is 18.5 Å². The molecule has 0 aromatic carbocycles. The average Bonchev–Trinajstić information content (AvgIpc) is 2.86. The summed E-state index contributed by atoms with van der Waals surface area (Å²) in [4.78, 5) is 23.9. The van der Waals surface area contributed by atoms with Gasteiger partial charge >= 0.3 is 12.0 Å². The molecular weight excluding hydrogens is 264 g/mol. The van der Waals surface area contributed by atoms with Crippen LogP contribution < -0.4 is 5.32 Å². The smallest absolute Gasteiger partial charge is 0.323 e. The molecule has 8 heteroatoms. The maximum atomic E-state index is 12.0. The predicted molar refractivity (Wildman–Crippen MR) is 71.3 cm³/mol. The summed E-state index contributed by atoms with van der Waals surface area (Å²) in [7, 11) is 1.50. The highest BCUT2D eigenvalue weighted by Gasteiger charge is 2.18. The van der Waals surface area contributed by atoms with Crippen molar-refractivity contribution >= 4 is 12.0 Å². The number of carbonyl (C=O) groups is 2. The van der Waals surface area contributed by atoms with Gasteiger partial charge in [-0.3, -0.25) is 9.48 Å². The van der Waals surface area contributed by atoms with Crippen molar-refractivity contribution in [2.75, 3.05) is 26.8 Å². The number of rotatable bonds is 8. The number of carboxylic acid groups (broad SMARTS) is 1. The van der Waals surface area contributed by atoms with Gasteiger partial charge in [0.2, 0.25) is 0 Å². The van der Waals surface area contributed by atoms with Crippen molar-refractivity contribution in [3.63, 3.8) is 0 Å². The van der Waals surface area contributed by atoms with E-state index in [-0.39, 0.29) is 25.7 Å². The fraction of sp³-hybridized carbons (Fsp3) is 0.583. The van der Waals surface area contributed by atoms with E-state index in [1.54, 1.807) is 23.1 Å². The molecule has 1 unspecified atom stereocenters. The second-order valence-corrected chi connectivity index (χ2v) is 4.39. The highest BCUT2D eigenvalue weighted by atomic mass is 16.5. The predicted octanol–water partition coefficient (Wildman–Crippen LogP) is 0.0142. The van der Waals surface area contributed by atoms with Crippen molar-refractivity contribution in [3.8, 4) is 0 Å². The number of ether oxygens (including phenoxy) is 1. The van der Waals surface area contributed by atoms with Gasteiger partial charge in [0.25, 0.3) is 0 Å². The van der Waals surface area contributed by atoms with Crippen LogP contribution >= 0.6 is 0 Å². The summed E-state index contributed by atoms with van der Waals surface area (Å²) in [6, 6.07) is 1.20. The third-order valence-electron chi connectivity index (χ3n) is 2.57. The Kier molecular flexibility index (Phi) is 6.51. The minimum absolute atomic E-state index is 0.166. The Morgan fingerprint density at radius 1 is 1.55 bits per heavy atom. The van der Waals surface area contributed by atoms with Gasteiger partial charge < -0.3 is 20.1 Å². The molecule has 1 aromatic rings. The van der Waals surface area contributed by atoms with Crippen LogP contribution in [0.1, 0.15) is 6.92 Å². The maximum absolute atomic E-state index is 12.0. The summed E-state index contributed by atoms with van der Waals surface area (Å²) in [5.74, 6) is -1.06. The van der Waals surface area contributed by atoms with Gasteiger partial charge in [-0.05, 0) is 13.0 Å². The van der Waals surface area contributed by atoms with E-state index in [0.29, 0.717) is 6.54 Å². The molecule has 0 saturated heterocycles. The van der Waals surface area contributed by atoms with Gasteiger partial charge in [0, 0.05) is 32.1 Å². The number of aromatic nitrogens is 2. The summed E-state index contributed by atoms with van der Waals surface area (Å²) in [5, 5.41) is 15.6. The maximum Gasteiger partial charge on any atom is 0.323 e. The summed E-state index contributed by atoms with van der Waals surface area (Å²) in [6.07, 6.45) is 3.45. The van der Waals surface area contributed by atoms with Gasteiger partial charge in [-0.2, -0.15) is 5.10 Å². The van der Waals surface area contributed by atoms with Crippen LogP contribution in [0.2, 0.25) is 0 Å². The molecule has 20 heavy (non-hydrogen) atoms. The third kappa shape index (κ3) is 5.70. The molecule has 1 aromatic heterocycles. The SMILES string of the molecule is COCCN(CC(=O)O)C(=O)NC(C)Cn1cccn1. The van der Waals surface area contributed by atoms with E-state index in [4.69, 9.17) is 9.84 Å². The first-order chi connectivity index (χ1) is 9.52. The number of nitrogens with one attached hydrogen (secondary N) is 1. The lowest BCUT2D eigenvalue weighted by molar-refractivity contribution is -0.137. The monoisotopic (exact) mass is 284 g/mol. The van der Waals surface area contributed by atoms with Gasteiger partial charge in [-0.25, -0.2) is 4.79 Å². The first-order valence-electron chi connectivity index (χ1n) is 6.26. The van der Waals surface area contributed by atoms with Crippen LogP contribution in [0.15, 0.2) is 18.5 Å². The molecule has 1 atom stereocenters. The highest BCUT2D eigenvalue weighted by molar-refractivity contribution is 5.80. The highest BCUT2D eigenvalue weighted by Crippen LogP contribution is 1.95. The molecule has 0 aliphatic rings. The van der Waals surface area contributed by atoms with Crippen LogP contribution in [0.4, 0.5) is 4.79 Å². The van der Waals surface area contributed by atoms with Crippen LogP contribution in [0, 0.1) is 0 Å². The zero-order chi connectivity index (χ0) is 15.0. The fourth-order valence-electron chi connectivity index (χ4n) is 1.65. The van der Waals surface area contributed by atoms with Crippen LogP contribution in [-0.4, -0.2) is 64.6 Å². The van der Waals surface area contributed by atoms with Gasteiger partial charge in [0.15, 0.2) is 0 Å². The number of carboxylic acids is 1. The number of hydrogen-bond acceptors (Lipinski definition) is 4. The van der Waals surface area contributed by atoms with Crippen molar-refractivity contribution in [2.24, 2.45) is 0 Å². The van der Waals surface area contributed by atoms with E-state index >= 15 is 0 Å². The average molecular weight is 284 g/mol. The Balaban J connectivity index is 2.48. The topological polar surface area (TPSA) is 96.7 Å². The Bertz CT molecular complexity index is 421. The number of urea groups is 1. The summed E-state index contributed by atoms with van der Waals surface area (Å²) < 4.78 is 6.56. The number of methoxy groups -OCH3 is 1. The Labute approximate surface area is 117 Å². The van der Waals surface area contributed by atoms with Gasteiger partial charge in [-0.15, -0.1) is 0 Å². The molecule has 112 valence electrons. The van der Waals surface area contributed by atoms with Crippen LogP contribution in [0.3, 0.4) is 0 Å². The number of hydrogen-bond donors (Lipinski definition) is 2. The Hall–Kier alpha value is -2.09. The molecule has 0 fully saturated rings. The van der Waals surface area contributed by atoms with E-state index in [0.717, 1.165) is 0 Å². The molecule has 0 saturated carbocycles. The van der Waals surface area contributed by atoms with Gasteiger partial charge in [0.05, 0.1) is 13.2 Å². The zero-order valence-corrected chi connectivity index (χ0v) is 11.7. The normalized spacial score (nSPS) is 11.9. The van der Waals surface area contributed by atoms with Crippen LogP contribution in [0.25, 0.3) is 0 Å². The Morgan fingerprint density at radius 3 is 2.85 bits per heavy atom. The van der Waals surface area contributed by atoms with Crippen molar-refractivity contribution in [1.82, 2.24) is 20.0 Å². The van der Waals surface area contributed by atoms with Crippen LogP contribution in [-0.2, 0) is 16.1 Å². The number of nitrogens with zero attached hydrogens (tertiary/aromatic N) is 3. The van der Waals surface area contributed by atoms with Crippen molar-refractivity contribution in [1.29, 1.82) is 0 Å². The summed E-state index contributed by atoms with van der Waals surface area (Å²) in [5.41, 5.74) is 0. The van der Waals surface area contributed by atoms with Crippen molar-refractivity contribution in [2.45, 2.75) is 19.5 Å². The largest absolute Gasteiger partial charge is 0.480 e. The lowest BCUT2D eigenvalue weighted by atomic mass is 10.3. The van der Waals surface area contributed by atoms with Gasteiger partial charge in [-0.1, -0.05) is 0 Å². The molecule has 2 amide bonds. The minimum Gasteiger partial charge on any atom is -0.480 e. The van der Waals surface area contributed by atoms with Crippen LogP contribution in [0.5, 0.6) is 0 Å². The molecule has 0 spiro atoms. The zero-order valence-electron chi connectivity index (χ0n) is 11.7. The van der Waals surface area contributed by atoms with Crippen molar-refractivity contribution < 1.29 is 19.4 Å². The second-order valence-electron chi connectivity index (χ2n) is 4.39. The van der Waals surface area contributed by atoms with E-state index in [1.165, 1.54) is 12.0 Å². The lowest BCUT2D eigenvalue weighted by Crippen LogP contribution is -2.48. The summed E-state index contributed by atoms with van der Waals surface area (Å²) >= 11 is 0. The minimum atomic E-state index is -1.06. The lowest BCUT2D eigenvalue weighted by Gasteiger charge is -2.23. The van der Waals surface area contributed by atoms with E-state index in [9.17, 15) is 9.59 Å². The first-order valence-corrected chi connectivity index (χ1v) is 6.26. The van der Waals surface area contributed by atoms with E-state index < -0.39 is 12.0 Å². The Morgan fingerprint density at radius 2 is 2.30 bits per heavy atom. The molecule has 1 heterocycles. The quantitative estimate of drug-likeness (QED) is 0.701. The molecule has 0 bridgehead atoms. The molecule has 0 radical (unpaired) electrons. The fourth-order valence-corrected chi connectivity index (χ4v) is 1.65. The summed E-state index contributed by atoms with van der Waals surface area (Å²) in [6.45, 7) is 2.50. The molecular formula is C12H20N4O4. The van der Waals surface area contributed by atoms with E-state index in [1.807, 2.05) is 6.92 Å². The van der Waals surface area contributed by atoms with Gasteiger partial charge in [0.1, 0.15) is 6.54 Å². The number of aliphatic carboxylic acids is 1. The van der Waals surface area contributed by atoms with E-state index in [2.05, 4.69) is 10.4 Å². The molecule has 1 rings (SSSR count). The number of amides is 2. The molecule has 0 aliphatic carbocycles. The molecule has 0 aliphatic heterocycles.